The van der Waals surface area contributed by atoms with Crippen LogP contribution in [-0.4, -0.2) is 18.5 Å². The number of hydrogen-bond donors (Lipinski definition) is 0. The summed E-state index contributed by atoms with van der Waals surface area (Å²) < 4.78 is 110. The van der Waals surface area contributed by atoms with E-state index in [0.717, 1.165) is 43.4 Å². The number of rotatable bonds is 3. The van der Waals surface area contributed by atoms with Crippen LogP contribution in [0.5, 0.6) is 0 Å². The third kappa shape index (κ3) is 26.2. The monoisotopic (exact) mass is 955 g/mol. The fourth-order valence-electron chi connectivity index (χ4n) is 7.64. The molecule has 0 heterocycles. The molecule has 9 heteroatoms. The molecule has 0 N–H and O–H groups in total. The predicted octanol–water partition coefficient (Wildman–Crippen LogP) is 22.2. The van der Waals surface area contributed by atoms with Crippen molar-refractivity contribution in [3.05, 3.63) is 0 Å². The lowest BCUT2D eigenvalue weighted by molar-refractivity contribution is -0.238. The first-order valence-electron chi connectivity index (χ1n) is 25.2. The van der Waals surface area contributed by atoms with E-state index in [-0.39, 0.29) is 11.3 Å². The zero-order valence-corrected chi connectivity index (χ0v) is 48.2. The van der Waals surface area contributed by atoms with Crippen LogP contribution in [0.2, 0.25) is 0 Å². The molecule has 0 bridgehead atoms. The Bertz CT molecular complexity index is 1220. The zero-order chi connectivity index (χ0) is 53.8. The Morgan fingerprint density at radius 2 is 0.738 bits per heavy atom. The van der Waals surface area contributed by atoms with Crippen LogP contribution in [0.15, 0.2) is 0 Å². The van der Waals surface area contributed by atoms with Gasteiger partial charge in [-0.3, -0.25) is 0 Å². The molecule has 0 aromatic heterocycles. The second-order valence-electron chi connectivity index (χ2n) is 28.0. The van der Waals surface area contributed by atoms with Gasteiger partial charge in [0.1, 0.15) is 0 Å². The van der Waals surface area contributed by atoms with E-state index in [0.29, 0.717) is 64.1 Å². The molecule has 2 saturated carbocycles. The van der Waals surface area contributed by atoms with Gasteiger partial charge in [0.25, 0.3) is 0 Å². The number of halogens is 9. The molecule has 2 rings (SSSR count). The summed E-state index contributed by atoms with van der Waals surface area (Å²) in [5.41, 5.74) is 0.531. The highest BCUT2D eigenvalue weighted by Gasteiger charge is 2.53. The minimum Gasteiger partial charge on any atom is -0.171 e. The standard InChI is InChI=1S/C11H24.C10H19F3.C10H22.C9H20.2C8H13F3/c1-9(2,3)11(7,8)10(4,5)6;1-7(8(2,3)4)9(5,6)10(11,12)13;1-8(2)10(6,7)9(3,4)5;1-7(2)8(3)9(4,5)6;1-6-2-4-7(5-3-6)8(9,10)11;1-6-3-2-4-7(5-6)8(9,10)11/h1-8H3;7H,1-6H3;8H,1-7H3;7-8H,1-6H3;2*6-7H,2-5H2,1H3/t;7-;;8-;;6-,7?/m.1.1.1/s1. The molecule has 1 unspecified atom stereocenters. The lowest BCUT2D eigenvalue weighted by atomic mass is 9.56. The van der Waals surface area contributed by atoms with Crippen molar-refractivity contribution >= 4 is 0 Å². The van der Waals surface area contributed by atoms with Gasteiger partial charge in [0.05, 0.1) is 17.3 Å². The molecule has 2 aliphatic rings. The van der Waals surface area contributed by atoms with Crippen molar-refractivity contribution < 1.29 is 39.5 Å². The van der Waals surface area contributed by atoms with Crippen LogP contribution < -0.4 is 0 Å². The van der Waals surface area contributed by atoms with Gasteiger partial charge in [-0.1, -0.05) is 226 Å². The Kier molecular flexibility index (Phi) is 28.4. The van der Waals surface area contributed by atoms with Gasteiger partial charge in [0, 0.05) is 0 Å². The molecule has 398 valence electrons. The van der Waals surface area contributed by atoms with Crippen LogP contribution in [0.4, 0.5) is 39.5 Å². The maximum Gasteiger partial charge on any atom is 0.394 e. The van der Waals surface area contributed by atoms with E-state index in [1.54, 1.807) is 6.92 Å². The highest BCUT2D eigenvalue weighted by molar-refractivity contribution is 4.92. The van der Waals surface area contributed by atoms with Crippen LogP contribution in [0.1, 0.15) is 252 Å². The van der Waals surface area contributed by atoms with Crippen molar-refractivity contribution in [1.29, 1.82) is 0 Å². The molecule has 0 aromatic rings. The SMILES string of the molecule is CC(C)(C)C(C)(C)C(C)(C)C.CC(C)C(C)(C)C(C)(C)C.CC(C)[C@@H](C)C(C)(C)C.CC1CCC(C(F)(F)F)CC1.C[C@@H]1CCCC(C(F)(F)F)C1.C[C@H](C(C)(C)C)C(C)(C)C(F)(F)F. The molecule has 2 aliphatic carbocycles. The van der Waals surface area contributed by atoms with E-state index in [1.807, 2.05) is 34.6 Å². The smallest absolute Gasteiger partial charge is 0.171 e. The van der Waals surface area contributed by atoms with Crippen LogP contribution in [-0.2, 0) is 0 Å². The van der Waals surface area contributed by atoms with E-state index >= 15 is 0 Å². The van der Waals surface area contributed by atoms with Gasteiger partial charge >= 0.3 is 18.5 Å². The summed E-state index contributed by atoms with van der Waals surface area (Å²) >= 11 is 0. The summed E-state index contributed by atoms with van der Waals surface area (Å²) in [6.07, 6.45) is -7.48. The van der Waals surface area contributed by atoms with Crippen molar-refractivity contribution in [2.24, 2.45) is 90.7 Å². The van der Waals surface area contributed by atoms with Gasteiger partial charge < -0.3 is 0 Å². The van der Waals surface area contributed by atoms with Crippen LogP contribution in [0.3, 0.4) is 0 Å². The molecular formula is C56H111F9. The first-order valence-corrected chi connectivity index (χ1v) is 25.2. The maximum atomic E-state index is 12.6. The Morgan fingerprint density at radius 1 is 0.385 bits per heavy atom. The summed E-state index contributed by atoms with van der Waals surface area (Å²) in [4.78, 5) is 0. The van der Waals surface area contributed by atoms with Crippen LogP contribution in [0.25, 0.3) is 0 Å². The normalized spacial score (nSPS) is 22.0. The third-order valence-corrected chi connectivity index (χ3v) is 17.5. The minimum atomic E-state index is -4.13. The molecular weight excluding hydrogens is 844 g/mol. The van der Waals surface area contributed by atoms with E-state index in [2.05, 4.69) is 145 Å². The van der Waals surface area contributed by atoms with Crippen molar-refractivity contribution in [2.45, 2.75) is 271 Å². The zero-order valence-electron chi connectivity index (χ0n) is 48.2. The van der Waals surface area contributed by atoms with E-state index in [1.165, 1.54) is 13.8 Å². The molecule has 0 radical (unpaired) electrons. The Labute approximate surface area is 399 Å². The molecule has 0 amide bonds. The lowest BCUT2D eigenvalue weighted by Gasteiger charge is -2.49. The van der Waals surface area contributed by atoms with Gasteiger partial charge in [-0.2, -0.15) is 39.5 Å². The maximum absolute atomic E-state index is 12.6. The van der Waals surface area contributed by atoms with Crippen molar-refractivity contribution in [3.63, 3.8) is 0 Å². The number of hydrogen-bond acceptors (Lipinski definition) is 0. The Hall–Kier alpha value is -0.630. The molecule has 0 aliphatic heterocycles. The summed E-state index contributed by atoms with van der Waals surface area (Å²) in [7, 11) is 0. The highest BCUT2D eigenvalue weighted by Crippen LogP contribution is 2.51. The Morgan fingerprint density at radius 3 is 0.877 bits per heavy atom. The van der Waals surface area contributed by atoms with E-state index in [9.17, 15) is 39.5 Å². The fourth-order valence-corrected chi connectivity index (χ4v) is 7.64. The summed E-state index contributed by atoms with van der Waals surface area (Å²) in [5, 5.41) is 0. The second kappa shape index (κ2) is 26.0. The molecule has 0 saturated heterocycles. The van der Waals surface area contributed by atoms with Gasteiger partial charge in [-0.25, -0.2) is 0 Å². The molecule has 65 heavy (non-hydrogen) atoms. The molecule has 4 atom stereocenters. The quantitative estimate of drug-likeness (QED) is 0.247. The molecule has 0 spiro atoms. The van der Waals surface area contributed by atoms with E-state index < -0.39 is 41.7 Å². The molecule has 2 fully saturated rings. The summed E-state index contributed by atoms with van der Waals surface area (Å²) in [6, 6.07) is 0. The average Bonchev–Trinajstić information content (AvgIpc) is 3.05. The second-order valence-corrected chi connectivity index (χ2v) is 28.0. The topological polar surface area (TPSA) is 0 Å². The predicted molar refractivity (Wildman–Crippen MR) is 267 cm³/mol. The van der Waals surface area contributed by atoms with Crippen molar-refractivity contribution in [1.82, 2.24) is 0 Å². The highest BCUT2D eigenvalue weighted by atomic mass is 19.4. The first kappa shape index (κ1) is 70.9. The van der Waals surface area contributed by atoms with Gasteiger partial charge in [0.15, 0.2) is 0 Å². The summed E-state index contributed by atoms with van der Waals surface area (Å²) in [5.74, 6) is 0.698. The fraction of sp³-hybridized carbons (Fsp3) is 1.00. The largest absolute Gasteiger partial charge is 0.394 e. The van der Waals surface area contributed by atoms with Crippen LogP contribution in [0, 0.1) is 90.7 Å². The van der Waals surface area contributed by atoms with Gasteiger partial charge in [0.2, 0.25) is 0 Å². The molecule has 0 aromatic carbocycles. The minimum absolute atomic E-state index is 0.260. The molecule has 0 nitrogen and oxygen atoms in total. The van der Waals surface area contributed by atoms with Crippen molar-refractivity contribution in [3.8, 4) is 0 Å². The van der Waals surface area contributed by atoms with E-state index in [4.69, 9.17) is 0 Å². The van der Waals surface area contributed by atoms with Crippen LogP contribution >= 0.6 is 0 Å². The lowest BCUT2D eigenvalue weighted by Crippen LogP contribution is -2.43. The average molecular weight is 955 g/mol. The Balaban J connectivity index is -0.000000345. The van der Waals surface area contributed by atoms with Gasteiger partial charge in [-0.05, 0) is 99.1 Å². The van der Waals surface area contributed by atoms with Gasteiger partial charge in [-0.15, -0.1) is 0 Å². The first-order chi connectivity index (χ1) is 28.0. The summed E-state index contributed by atoms with van der Waals surface area (Å²) in [6.45, 7) is 62.3. The number of alkyl halides is 9. The third-order valence-electron chi connectivity index (χ3n) is 17.5. The van der Waals surface area contributed by atoms with Crippen molar-refractivity contribution in [2.75, 3.05) is 0 Å².